The van der Waals surface area contributed by atoms with Gasteiger partial charge in [0.15, 0.2) is 0 Å². The van der Waals surface area contributed by atoms with Crippen molar-refractivity contribution >= 4 is 38.3 Å². The van der Waals surface area contributed by atoms with Gasteiger partial charge in [-0.1, -0.05) is 36.4 Å². The van der Waals surface area contributed by atoms with Gasteiger partial charge in [0.2, 0.25) is 11.8 Å². The standard InChI is InChI=1S/C28H32FN3O4S/c1-19(27(34)30-28(2,3)4)31(18-20-13-15-22(29)16-14-20)25(33)12-7-17-32-23-10-5-8-21-9-6-11-24(26(21)23)37(32,35)36/h5-6,8-11,13-16,19H,7,12,17-18H2,1-4H3,(H,30,34). The van der Waals surface area contributed by atoms with Crippen LogP contribution < -0.4 is 9.62 Å². The highest BCUT2D eigenvalue weighted by Crippen LogP contribution is 2.42. The quantitative estimate of drug-likeness (QED) is 0.466. The first-order valence-electron chi connectivity index (χ1n) is 12.3. The lowest BCUT2D eigenvalue weighted by atomic mass is 10.1. The molecule has 1 atom stereocenters. The molecular weight excluding hydrogens is 493 g/mol. The monoisotopic (exact) mass is 525 g/mol. The van der Waals surface area contributed by atoms with Crippen molar-refractivity contribution in [2.75, 3.05) is 10.8 Å². The number of sulfonamides is 1. The topological polar surface area (TPSA) is 86.8 Å². The minimum Gasteiger partial charge on any atom is -0.350 e. The third-order valence-corrected chi connectivity index (χ3v) is 8.22. The Hall–Kier alpha value is -3.46. The van der Waals surface area contributed by atoms with Crippen LogP contribution in [0.5, 0.6) is 0 Å². The molecule has 1 heterocycles. The van der Waals surface area contributed by atoms with Crippen LogP contribution >= 0.6 is 0 Å². The van der Waals surface area contributed by atoms with Crippen LogP contribution in [0.15, 0.2) is 65.6 Å². The van der Waals surface area contributed by atoms with E-state index in [-0.39, 0.29) is 48.5 Å². The maximum Gasteiger partial charge on any atom is 0.265 e. The number of amides is 2. The number of hydrogen-bond acceptors (Lipinski definition) is 4. The molecule has 2 amide bonds. The van der Waals surface area contributed by atoms with Crippen molar-refractivity contribution in [1.82, 2.24) is 10.2 Å². The zero-order chi connectivity index (χ0) is 27.0. The number of nitrogens with one attached hydrogen (secondary N) is 1. The molecule has 1 aliphatic heterocycles. The molecule has 0 spiro atoms. The Morgan fingerprint density at radius 2 is 1.68 bits per heavy atom. The third-order valence-electron chi connectivity index (χ3n) is 6.36. The predicted molar refractivity (Wildman–Crippen MR) is 142 cm³/mol. The fourth-order valence-electron chi connectivity index (χ4n) is 4.56. The fourth-order valence-corrected chi connectivity index (χ4v) is 6.31. The minimum atomic E-state index is -3.71. The molecule has 1 unspecified atom stereocenters. The maximum atomic E-state index is 13.4. The van der Waals surface area contributed by atoms with E-state index in [0.717, 1.165) is 5.39 Å². The van der Waals surface area contributed by atoms with Gasteiger partial charge >= 0.3 is 0 Å². The predicted octanol–water partition coefficient (Wildman–Crippen LogP) is 4.60. The van der Waals surface area contributed by atoms with E-state index in [0.29, 0.717) is 16.6 Å². The molecule has 9 heteroatoms. The molecule has 7 nitrogen and oxygen atoms in total. The zero-order valence-corrected chi connectivity index (χ0v) is 22.3. The highest BCUT2D eigenvalue weighted by molar-refractivity contribution is 7.93. The van der Waals surface area contributed by atoms with E-state index in [4.69, 9.17) is 0 Å². The van der Waals surface area contributed by atoms with Gasteiger partial charge in [-0.3, -0.25) is 13.9 Å². The Bertz CT molecular complexity index is 1430. The van der Waals surface area contributed by atoms with Gasteiger partial charge in [-0.25, -0.2) is 12.8 Å². The summed E-state index contributed by atoms with van der Waals surface area (Å²) in [6.07, 6.45) is 0.322. The number of benzene rings is 3. The summed E-state index contributed by atoms with van der Waals surface area (Å²) < 4.78 is 41.2. The fraction of sp³-hybridized carbons (Fsp3) is 0.357. The lowest BCUT2D eigenvalue weighted by Gasteiger charge is -2.31. The van der Waals surface area contributed by atoms with Gasteiger partial charge in [-0.05, 0) is 69.3 Å². The smallest absolute Gasteiger partial charge is 0.265 e. The summed E-state index contributed by atoms with van der Waals surface area (Å²) in [7, 11) is -3.71. The van der Waals surface area contributed by atoms with Gasteiger partial charge in [-0.15, -0.1) is 0 Å². The lowest BCUT2D eigenvalue weighted by molar-refractivity contribution is -0.141. The van der Waals surface area contributed by atoms with E-state index in [1.807, 2.05) is 39.0 Å². The van der Waals surface area contributed by atoms with Crippen molar-refractivity contribution < 1.29 is 22.4 Å². The summed E-state index contributed by atoms with van der Waals surface area (Å²) in [4.78, 5) is 28.0. The van der Waals surface area contributed by atoms with Gasteiger partial charge in [0.25, 0.3) is 10.0 Å². The van der Waals surface area contributed by atoms with Crippen LogP contribution in [-0.4, -0.2) is 43.3 Å². The van der Waals surface area contributed by atoms with Crippen molar-refractivity contribution in [1.29, 1.82) is 0 Å². The zero-order valence-electron chi connectivity index (χ0n) is 21.5. The third kappa shape index (κ3) is 5.61. The van der Waals surface area contributed by atoms with Crippen LogP contribution in [0.2, 0.25) is 0 Å². The molecule has 196 valence electrons. The molecule has 4 rings (SSSR count). The molecule has 0 saturated carbocycles. The SMILES string of the molecule is CC(C(=O)NC(C)(C)C)N(Cc1ccc(F)cc1)C(=O)CCCN1c2cccc3cccc(c23)S1(=O)=O. The van der Waals surface area contributed by atoms with Crippen molar-refractivity contribution in [2.24, 2.45) is 0 Å². The molecule has 0 radical (unpaired) electrons. The molecule has 37 heavy (non-hydrogen) atoms. The Morgan fingerprint density at radius 3 is 2.32 bits per heavy atom. The summed E-state index contributed by atoms with van der Waals surface area (Å²) >= 11 is 0. The summed E-state index contributed by atoms with van der Waals surface area (Å²) in [5, 5.41) is 4.45. The lowest BCUT2D eigenvalue weighted by Crippen LogP contribution is -2.52. The van der Waals surface area contributed by atoms with Gasteiger partial charge in [-0.2, -0.15) is 0 Å². The molecule has 0 saturated heterocycles. The summed E-state index contributed by atoms with van der Waals surface area (Å²) in [5.41, 5.74) is 0.826. The molecule has 1 aliphatic rings. The van der Waals surface area contributed by atoms with Crippen LogP contribution in [0.1, 0.15) is 46.1 Å². The van der Waals surface area contributed by atoms with Crippen molar-refractivity contribution in [3.05, 3.63) is 72.0 Å². The van der Waals surface area contributed by atoms with Crippen LogP contribution in [0.25, 0.3) is 10.8 Å². The Balaban J connectivity index is 1.50. The molecular formula is C28H32FN3O4S. The number of nitrogens with zero attached hydrogens (tertiary/aromatic N) is 2. The van der Waals surface area contributed by atoms with Crippen molar-refractivity contribution in [3.8, 4) is 0 Å². The van der Waals surface area contributed by atoms with E-state index < -0.39 is 21.6 Å². The largest absolute Gasteiger partial charge is 0.350 e. The molecule has 0 aliphatic carbocycles. The van der Waals surface area contributed by atoms with Crippen LogP contribution in [0.3, 0.4) is 0 Å². The van der Waals surface area contributed by atoms with Crippen LogP contribution in [0.4, 0.5) is 10.1 Å². The number of halogens is 1. The second-order valence-electron chi connectivity index (χ2n) is 10.4. The average molecular weight is 526 g/mol. The van der Waals surface area contributed by atoms with E-state index in [2.05, 4.69) is 5.32 Å². The molecule has 3 aromatic rings. The van der Waals surface area contributed by atoms with Crippen LogP contribution in [-0.2, 0) is 26.2 Å². The second-order valence-corrected chi connectivity index (χ2v) is 12.2. The van der Waals surface area contributed by atoms with Gasteiger partial charge < -0.3 is 10.2 Å². The molecule has 1 N–H and O–H groups in total. The van der Waals surface area contributed by atoms with E-state index >= 15 is 0 Å². The Morgan fingerprint density at radius 1 is 1.03 bits per heavy atom. The summed E-state index contributed by atoms with van der Waals surface area (Å²) in [6, 6.07) is 15.7. The van der Waals surface area contributed by atoms with E-state index in [9.17, 15) is 22.4 Å². The summed E-state index contributed by atoms with van der Waals surface area (Å²) in [5.74, 6) is -0.969. The van der Waals surface area contributed by atoms with Gasteiger partial charge in [0.1, 0.15) is 11.9 Å². The minimum absolute atomic E-state index is 0.0483. The number of rotatable bonds is 8. The Kier molecular flexibility index (Phi) is 7.28. The molecule has 3 aromatic carbocycles. The van der Waals surface area contributed by atoms with Crippen molar-refractivity contribution in [2.45, 2.75) is 63.6 Å². The second kappa shape index (κ2) is 10.1. The van der Waals surface area contributed by atoms with Gasteiger partial charge in [0.05, 0.1) is 10.6 Å². The van der Waals surface area contributed by atoms with Crippen LogP contribution in [0, 0.1) is 5.82 Å². The van der Waals surface area contributed by atoms with E-state index in [1.54, 1.807) is 37.3 Å². The molecule has 0 bridgehead atoms. The highest BCUT2D eigenvalue weighted by atomic mass is 32.2. The number of anilines is 1. The van der Waals surface area contributed by atoms with Crippen molar-refractivity contribution in [3.63, 3.8) is 0 Å². The number of carbonyl (C=O) groups excluding carboxylic acids is 2. The first kappa shape index (κ1) is 26.6. The number of carbonyl (C=O) groups is 2. The van der Waals surface area contributed by atoms with E-state index in [1.165, 1.54) is 21.3 Å². The normalized spacial score (nSPS) is 15.0. The summed E-state index contributed by atoms with van der Waals surface area (Å²) in [6.45, 7) is 7.50. The first-order valence-corrected chi connectivity index (χ1v) is 13.7. The number of hydrogen-bond donors (Lipinski definition) is 1. The Labute approximate surface area is 217 Å². The first-order chi connectivity index (χ1) is 17.4. The molecule has 0 aromatic heterocycles. The van der Waals surface area contributed by atoms with Gasteiger partial charge in [0, 0.05) is 30.4 Å². The highest BCUT2D eigenvalue weighted by Gasteiger charge is 2.35. The maximum absolute atomic E-state index is 13.4. The molecule has 0 fully saturated rings. The average Bonchev–Trinajstić information content (AvgIpc) is 3.05.